The number of anilines is 2. The van der Waals surface area contributed by atoms with Gasteiger partial charge in [0.05, 0.1) is 5.69 Å². The summed E-state index contributed by atoms with van der Waals surface area (Å²) in [5, 5.41) is 9.20. The minimum absolute atomic E-state index is 0.00468. The SMILES string of the molecule is O=C(O)C1=CN(c2ccccc2)c2ccccc2C=N1. The Bertz CT molecular complexity index is 705. The molecule has 1 N–H and O–H groups in total. The van der Waals surface area contributed by atoms with E-state index in [9.17, 15) is 9.90 Å². The van der Waals surface area contributed by atoms with Crippen LogP contribution in [0.3, 0.4) is 0 Å². The first-order valence-electron chi connectivity index (χ1n) is 6.18. The molecule has 0 amide bonds. The molecule has 4 heteroatoms. The normalized spacial score (nSPS) is 13.4. The summed E-state index contributed by atoms with van der Waals surface area (Å²) in [6, 6.07) is 17.3. The van der Waals surface area contributed by atoms with E-state index >= 15 is 0 Å². The van der Waals surface area contributed by atoms with Gasteiger partial charge in [0.1, 0.15) is 0 Å². The summed E-state index contributed by atoms with van der Waals surface area (Å²) >= 11 is 0. The van der Waals surface area contributed by atoms with Crippen LogP contribution in [0.15, 0.2) is 71.5 Å². The molecule has 2 aromatic carbocycles. The number of aliphatic imine (C=N–C) groups is 1. The van der Waals surface area contributed by atoms with E-state index in [2.05, 4.69) is 4.99 Å². The zero-order valence-electron chi connectivity index (χ0n) is 10.6. The Hall–Kier alpha value is -2.88. The van der Waals surface area contributed by atoms with E-state index in [-0.39, 0.29) is 5.70 Å². The number of carboxylic acids is 1. The van der Waals surface area contributed by atoms with E-state index in [1.165, 1.54) is 0 Å². The predicted octanol–water partition coefficient (Wildman–Crippen LogP) is 3.18. The lowest BCUT2D eigenvalue weighted by Gasteiger charge is -2.21. The predicted molar refractivity (Wildman–Crippen MR) is 78.3 cm³/mol. The summed E-state index contributed by atoms with van der Waals surface area (Å²) in [4.78, 5) is 17.1. The molecule has 0 atom stereocenters. The van der Waals surface area contributed by atoms with Gasteiger partial charge in [0, 0.05) is 23.7 Å². The second-order valence-electron chi connectivity index (χ2n) is 4.34. The lowest BCUT2D eigenvalue weighted by Crippen LogP contribution is -2.11. The van der Waals surface area contributed by atoms with Crippen molar-refractivity contribution >= 4 is 23.6 Å². The van der Waals surface area contributed by atoms with Gasteiger partial charge in [-0.15, -0.1) is 0 Å². The van der Waals surface area contributed by atoms with Crippen LogP contribution in [-0.4, -0.2) is 17.3 Å². The smallest absolute Gasteiger partial charge is 0.356 e. The van der Waals surface area contributed by atoms with Gasteiger partial charge >= 0.3 is 5.97 Å². The van der Waals surface area contributed by atoms with E-state index in [0.29, 0.717) is 0 Å². The summed E-state index contributed by atoms with van der Waals surface area (Å²) in [5.41, 5.74) is 2.68. The Kier molecular flexibility index (Phi) is 3.05. The molecule has 0 aliphatic carbocycles. The fourth-order valence-corrected chi connectivity index (χ4v) is 2.09. The number of aliphatic carboxylic acids is 1. The molecule has 1 aliphatic rings. The first kappa shape index (κ1) is 12.2. The minimum Gasteiger partial charge on any atom is -0.476 e. The zero-order chi connectivity index (χ0) is 13.9. The second-order valence-corrected chi connectivity index (χ2v) is 4.34. The van der Waals surface area contributed by atoms with E-state index in [0.717, 1.165) is 16.9 Å². The van der Waals surface area contributed by atoms with Crippen molar-refractivity contribution in [3.63, 3.8) is 0 Å². The standard InChI is InChI=1S/C16H12N2O2/c19-16(20)14-11-18(13-7-2-1-3-8-13)15-9-5-4-6-12(15)10-17-14/h1-11H,(H,19,20). The molecule has 0 radical (unpaired) electrons. The fraction of sp³-hybridized carbons (Fsp3) is 0. The number of nitrogens with zero attached hydrogens (tertiary/aromatic N) is 2. The number of benzene rings is 2. The first-order chi connectivity index (χ1) is 9.75. The highest BCUT2D eigenvalue weighted by Crippen LogP contribution is 2.30. The lowest BCUT2D eigenvalue weighted by molar-refractivity contribution is -0.132. The molecule has 4 nitrogen and oxygen atoms in total. The number of hydrogen-bond acceptors (Lipinski definition) is 3. The summed E-state index contributed by atoms with van der Waals surface area (Å²) in [6.45, 7) is 0. The van der Waals surface area contributed by atoms with Crippen molar-refractivity contribution < 1.29 is 9.90 Å². The summed E-state index contributed by atoms with van der Waals surface area (Å²) in [5.74, 6) is -1.05. The number of carboxylic acid groups (broad SMARTS) is 1. The third-order valence-electron chi connectivity index (χ3n) is 3.04. The third kappa shape index (κ3) is 2.19. The molecular weight excluding hydrogens is 252 g/mol. The van der Waals surface area contributed by atoms with Crippen molar-refractivity contribution in [1.82, 2.24) is 0 Å². The van der Waals surface area contributed by atoms with Crippen LogP contribution in [0.1, 0.15) is 5.56 Å². The summed E-state index contributed by atoms with van der Waals surface area (Å²) < 4.78 is 0. The van der Waals surface area contributed by atoms with Gasteiger partial charge in [-0.05, 0) is 18.2 Å². The molecule has 0 spiro atoms. The third-order valence-corrected chi connectivity index (χ3v) is 3.04. The molecule has 0 saturated heterocycles. The molecule has 98 valence electrons. The van der Waals surface area contributed by atoms with Crippen molar-refractivity contribution in [2.24, 2.45) is 4.99 Å². The number of fused-ring (bicyclic) bond motifs is 1. The Morgan fingerprint density at radius 3 is 2.45 bits per heavy atom. The van der Waals surface area contributed by atoms with E-state index < -0.39 is 5.97 Å². The topological polar surface area (TPSA) is 52.9 Å². The maximum atomic E-state index is 11.2. The van der Waals surface area contributed by atoms with Crippen molar-refractivity contribution in [2.75, 3.05) is 4.90 Å². The number of hydrogen-bond donors (Lipinski definition) is 1. The van der Waals surface area contributed by atoms with Gasteiger partial charge < -0.3 is 10.0 Å². The Morgan fingerprint density at radius 2 is 1.70 bits per heavy atom. The molecular formula is C16H12N2O2. The van der Waals surface area contributed by atoms with Crippen molar-refractivity contribution in [1.29, 1.82) is 0 Å². The molecule has 1 heterocycles. The van der Waals surface area contributed by atoms with Crippen molar-refractivity contribution in [3.05, 3.63) is 72.1 Å². The van der Waals surface area contributed by atoms with Crippen LogP contribution >= 0.6 is 0 Å². The number of para-hydroxylation sites is 2. The van der Waals surface area contributed by atoms with Crippen molar-refractivity contribution in [2.45, 2.75) is 0 Å². The zero-order valence-corrected chi connectivity index (χ0v) is 10.6. The van der Waals surface area contributed by atoms with E-state index in [1.54, 1.807) is 12.4 Å². The molecule has 20 heavy (non-hydrogen) atoms. The summed E-state index contributed by atoms with van der Waals surface area (Å²) in [6.07, 6.45) is 3.12. The second kappa shape index (κ2) is 5.01. The van der Waals surface area contributed by atoms with Gasteiger partial charge in [0.2, 0.25) is 0 Å². The Labute approximate surface area is 116 Å². The lowest BCUT2D eigenvalue weighted by atomic mass is 10.1. The van der Waals surface area contributed by atoms with Gasteiger partial charge in [-0.3, -0.25) is 0 Å². The molecule has 0 fully saturated rings. The van der Waals surface area contributed by atoms with Crippen LogP contribution in [0.5, 0.6) is 0 Å². The van der Waals surface area contributed by atoms with Crippen LogP contribution < -0.4 is 4.90 Å². The maximum Gasteiger partial charge on any atom is 0.356 e. The van der Waals surface area contributed by atoms with Crippen molar-refractivity contribution in [3.8, 4) is 0 Å². The fourth-order valence-electron chi connectivity index (χ4n) is 2.09. The highest BCUT2D eigenvalue weighted by molar-refractivity contribution is 5.97. The number of rotatable bonds is 2. The molecule has 0 bridgehead atoms. The highest BCUT2D eigenvalue weighted by Gasteiger charge is 2.17. The first-order valence-corrected chi connectivity index (χ1v) is 6.18. The number of carbonyl (C=O) groups is 1. The van der Waals surface area contributed by atoms with E-state index in [1.807, 2.05) is 59.5 Å². The van der Waals surface area contributed by atoms with Gasteiger partial charge in [-0.2, -0.15) is 0 Å². The molecule has 2 aromatic rings. The van der Waals surface area contributed by atoms with Crippen LogP contribution in [-0.2, 0) is 4.79 Å². The Balaban J connectivity index is 2.19. The van der Waals surface area contributed by atoms with Crippen LogP contribution in [0.4, 0.5) is 11.4 Å². The molecule has 1 aliphatic heterocycles. The molecule has 0 saturated carbocycles. The quantitative estimate of drug-likeness (QED) is 0.906. The monoisotopic (exact) mass is 264 g/mol. The van der Waals surface area contributed by atoms with Gasteiger partial charge in [0.15, 0.2) is 5.70 Å². The van der Waals surface area contributed by atoms with Crippen LogP contribution in [0.25, 0.3) is 0 Å². The highest BCUT2D eigenvalue weighted by atomic mass is 16.4. The minimum atomic E-state index is -1.05. The van der Waals surface area contributed by atoms with Crippen LogP contribution in [0.2, 0.25) is 0 Å². The summed E-state index contributed by atoms with van der Waals surface area (Å²) in [7, 11) is 0. The Morgan fingerprint density at radius 1 is 1.00 bits per heavy atom. The maximum absolute atomic E-state index is 11.2. The van der Waals surface area contributed by atoms with Gasteiger partial charge in [-0.1, -0.05) is 36.4 Å². The van der Waals surface area contributed by atoms with Gasteiger partial charge in [-0.25, -0.2) is 9.79 Å². The average Bonchev–Trinajstić information content (AvgIpc) is 2.68. The van der Waals surface area contributed by atoms with E-state index in [4.69, 9.17) is 0 Å². The van der Waals surface area contributed by atoms with Crippen LogP contribution in [0, 0.1) is 0 Å². The largest absolute Gasteiger partial charge is 0.476 e. The molecule has 0 aromatic heterocycles. The molecule has 0 unspecified atom stereocenters. The van der Waals surface area contributed by atoms with Gasteiger partial charge in [0.25, 0.3) is 0 Å². The average molecular weight is 264 g/mol. The molecule has 3 rings (SSSR count).